The SMILES string of the molecule is O=C1NCCC1c1nnc(-c2ncccc2Nc2ccc(OC(F)(F)Cl)cn2)o1. The molecule has 1 aliphatic heterocycles. The van der Waals surface area contributed by atoms with Gasteiger partial charge in [-0.05, 0) is 30.7 Å². The zero-order chi connectivity index (χ0) is 20.4. The molecule has 1 saturated heterocycles. The summed E-state index contributed by atoms with van der Waals surface area (Å²) in [5, 5.41) is 13.6. The second kappa shape index (κ2) is 7.59. The zero-order valence-electron chi connectivity index (χ0n) is 14.6. The fourth-order valence-electron chi connectivity index (χ4n) is 2.76. The second-order valence-electron chi connectivity index (χ2n) is 6.03. The number of ether oxygens (including phenoxy) is 1. The van der Waals surface area contributed by atoms with Gasteiger partial charge < -0.3 is 19.8 Å². The van der Waals surface area contributed by atoms with Crippen molar-refractivity contribution in [2.45, 2.75) is 17.9 Å². The fraction of sp³-hybridized carbons (Fsp3) is 0.235. The molecule has 1 atom stereocenters. The number of halogens is 3. The molecule has 4 heterocycles. The monoisotopic (exact) mass is 422 g/mol. The summed E-state index contributed by atoms with van der Waals surface area (Å²) in [6, 6.07) is 6.09. The number of anilines is 2. The normalized spacial score (nSPS) is 16.5. The van der Waals surface area contributed by atoms with Gasteiger partial charge >= 0.3 is 5.57 Å². The van der Waals surface area contributed by atoms with Gasteiger partial charge in [0.15, 0.2) is 5.69 Å². The molecule has 0 saturated carbocycles. The molecule has 3 aromatic rings. The lowest BCUT2D eigenvalue weighted by Crippen LogP contribution is -2.18. The molecule has 9 nitrogen and oxygen atoms in total. The standard InChI is InChI=1S/C17H13ClF2N6O3/c18-17(19,20)29-9-3-4-12(23-8-9)24-11-2-1-6-21-13(11)16-26-25-15(28-16)10-5-7-22-14(10)27/h1-4,6,8,10H,5,7H2,(H,22,27)(H,23,24). The van der Waals surface area contributed by atoms with Crippen LogP contribution < -0.4 is 15.4 Å². The lowest BCUT2D eigenvalue weighted by Gasteiger charge is -2.11. The van der Waals surface area contributed by atoms with Gasteiger partial charge in [-0.25, -0.2) is 9.97 Å². The van der Waals surface area contributed by atoms with Crippen LogP contribution in [0.25, 0.3) is 11.6 Å². The Hall–Kier alpha value is -3.34. The van der Waals surface area contributed by atoms with Crippen molar-refractivity contribution in [3.05, 3.63) is 42.5 Å². The van der Waals surface area contributed by atoms with E-state index < -0.39 is 11.5 Å². The van der Waals surface area contributed by atoms with Gasteiger partial charge in [0.1, 0.15) is 17.5 Å². The Morgan fingerprint density at radius 1 is 1.28 bits per heavy atom. The minimum Gasteiger partial charge on any atom is -0.418 e. The van der Waals surface area contributed by atoms with Crippen molar-refractivity contribution in [1.82, 2.24) is 25.5 Å². The molecule has 0 aliphatic carbocycles. The number of alkyl halides is 3. The van der Waals surface area contributed by atoms with E-state index in [2.05, 4.69) is 35.5 Å². The topological polar surface area (TPSA) is 115 Å². The molecule has 150 valence electrons. The van der Waals surface area contributed by atoms with Gasteiger partial charge in [0.25, 0.3) is 5.89 Å². The Bertz CT molecular complexity index is 1020. The number of amides is 1. The lowest BCUT2D eigenvalue weighted by atomic mass is 10.1. The van der Waals surface area contributed by atoms with Crippen LogP contribution in [0.5, 0.6) is 5.75 Å². The summed E-state index contributed by atoms with van der Waals surface area (Å²) >= 11 is 4.73. The van der Waals surface area contributed by atoms with Crippen molar-refractivity contribution in [1.29, 1.82) is 0 Å². The number of pyridine rings is 2. The molecule has 3 aromatic heterocycles. The number of rotatable bonds is 6. The summed E-state index contributed by atoms with van der Waals surface area (Å²) in [5.41, 5.74) is -2.99. The summed E-state index contributed by atoms with van der Waals surface area (Å²) in [5.74, 6) is -0.158. The third kappa shape index (κ3) is 4.40. The molecular formula is C17H13ClF2N6O3. The Balaban J connectivity index is 1.55. The first-order valence-electron chi connectivity index (χ1n) is 8.44. The maximum absolute atomic E-state index is 12.7. The van der Waals surface area contributed by atoms with E-state index in [1.807, 2.05) is 0 Å². The maximum atomic E-state index is 12.7. The van der Waals surface area contributed by atoms with Gasteiger partial charge in [0, 0.05) is 24.3 Å². The number of carbonyl (C=O) groups is 1. The Labute approximate surface area is 167 Å². The highest BCUT2D eigenvalue weighted by molar-refractivity contribution is 6.20. The molecule has 1 fully saturated rings. The highest BCUT2D eigenvalue weighted by Crippen LogP contribution is 2.30. The molecule has 4 rings (SSSR count). The highest BCUT2D eigenvalue weighted by atomic mass is 35.5. The average molecular weight is 423 g/mol. The number of nitrogens with one attached hydrogen (secondary N) is 2. The van der Waals surface area contributed by atoms with E-state index in [1.165, 1.54) is 12.1 Å². The van der Waals surface area contributed by atoms with E-state index >= 15 is 0 Å². The Kier molecular flexibility index (Phi) is 4.97. The molecule has 1 amide bonds. The minimum atomic E-state index is -3.82. The summed E-state index contributed by atoms with van der Waals surface area (Å²) in [6.07, 6.45) is 3.21. The van der Waals surface area contributed by atoms with Crippen LogP contribution in [0.4, 0.5) is 20.3 Å². The first-order valence-corrected chi connectivity index (χ1v) is 8.82. The molecule has 0 spiro atoms. The van der Waals surface area contributed by atoms with Gasteiger partial charge in [0.05, 0.1) is 11.9 Å². The third-order valence-electron chi connectivity index (χ3n) is 4.03. The molecular weight excluding hydrogens is 410 g/mol. The zero-order valence-corrected chi connectivity index (χ0v) is 15.4. The van der Waals surface area contributed by atoms with Crippen molar-refractivity contribution in [3.8, 4) is 17.3 Å². The van der Waals surface area contributed by atoms with E-state index in [0.717, 1.165) is 6.20 Å². The quantitative estimate of drug-likeness (QED) is 0.582. The molecule has 0 aromatic carbocycles. The van der Waals surface area contributed by atoms with Crippen molar-refractivity contribution >= 4 is 29.0 Å². The van der Waals surface area contributed by atoms with Crippen molar-refractivity contribution in [2.24, 2.45) is 0 Å². The average Bonchev–Trinajstić information content (AvgIpc) is 3.31. The second-order valence-corrected chi connectivity index (χ2v) is 6.47. The van der Waals surface area contributed by atoms with Crippen LogP contribution in [0.2, 0.25) is 0 Å². The summed E-state index contributed by atoms with van der Waals surface area (Å²) in [7, 11) is 0. The minimum absolute atomic E-state index is 0.129. The van der Waals surface area contributed by atoms with Gasteiger partial charge in [0.2, 0.25) is 11.8 Å². The molecule has 0 radical (unpaired) electrons. The number of carbonyl (C=O) groups excluding carboxylic acids is 1. The van der Waals surface area contributed by atoms with E-state index in [9.17, 15) is 13.6 Å². The van der Waals surface area contributed by atoms with Crippen LogP contribution in [-0.4, -0.2) is 38.2 Å². The predicted molar refractivity (Wildman–Crippen MR) is 96.8 cm³/mol. The van der Waals surface area contributed by atoms with Gasteiger partial charge in [-0.1, -0.05) is 0 Å². The fourth-order valence-corrected chi connectivity index (χ4v) is 2.85. The first kappa shape index (κ1) is 19.0. The van der Waals surface area contributed by atoms with Crippen LogP contribution in [0, 0.1) is 0 Å². The largest absolute Gasteiger partial charge is 0.487 e. The molecule has 12 heteroatoms. The van der Waals surface area contributed by atoms with Crippen molar-refractivity contribution in [3.63, 3.8) is 0 Å². The molecule has 29 heavy (non-hydrogen) atoms. The molecule has 0 bridgehead atoms. The molecule has 1 unspecified atom stereocenters. The van der Waals surface area contributed by atoms with Gasteiger partial charge in [-0.15, -0.1) is 19.0 Å². The summed E-state index contributed by atoms with van der Waals surface area (Å²) in [4.78, 5) is 20.0. The molecule has 1 aliphatic rings. The smallest absolute Gasteiger partial charge is 0.418 e. The number of aromatic nitrogens is 4. The summed E-state index contributed by atoms with van der Waals surface area (Å²) < 4.78 is 35.2. The maximum Gasteiger partial charge on any atom is 0.487 e. The van der Waals surface area contributed by atoms with E-state index in [1.54, 1.807) is 18.3 Å². The van der Waals surface area contributed by atoms with Crippen molar-refractivity contribution in [2.75, 3.05) is 11.9 Å². The summed E-state index contributed by atoms with van der Waals surface area (Å²) in [6.45, 7) is 0.554. The van der Waals surface area contributed by atoms with Crippen LogP contribution >= 0.6 is 11.6 Å². The van der Waals surface area contributed by atoms with Crippen LogP contribution in [0.1, 0.15) is 18.2 Å². The van der Waals surface area contributed by atoms with Crippen molar-refractivity contribution < 1.29 is 22.7 Å². The third-order valence-corrected chi connectivity index (χ3v) is 4.11. The van der Waals surface area contributed by atoms with Crippen LogP contribution in [-0.2, 0) is 4.79 Å². The lowest BCUT2D eigenvalue weighted by molar-refractivity contribution is -0.120. The van der Waals surface area contributed by atoms with Gasteiger partial charge in [-0.3, -0.25) is 4.79 Å². The van der Waals surface area contributed by atoms with Gasteiger partial charge in [-0.2, -0.15) is 0 Å². The van der Waals surface area contributed by atoms with E-state index in [-0.39, 0.29) is 23.4 Å². The van der Waals surface area contributed by atoms with E-state index in [0.29, 0.717) is 30.2 Å². The Morgan fingerprint density at radius 2 is 2.14 bits per heavy atom. The first-order chi connectivity index (χ1) is 13.9. The van der Waals surface area contributed by atoms with Crippen LogP contribution in [0.15, 0.2) is 41.1 Å². The number of hydrogen-bond donors (Lipinski definition) is 2. The Morgan fingerprint density at radius 3 is 2.83 bits per heavy atom. The van der Waals surface area contributed by atoms with E-state index in [4.69, 9.17) is 16.0 Å². The highest BCUT2D eigenvalue weighted by Gasteiger charge is 2.31. The number of hydrogen-bond acceptors (Lipinski definition) is 8. The molecule has 2 N–H and O–H groups in total. The predicted octanol–water partition coefficient (Wildman–Crippen LogP) is 3.04. The van der Waals surface area contributed by atoms with Crippen LogP contribution in [0.3, 0.4) is 0 Å². The number of nitrogens with zero attached hydrogens (tertiary/aromatic N) is 4.